The van der Waals surface area contributed by atoms with Crippen molar-refractivity contribution in [3.63, 3.8) is 0 Å². The first-order valence-electron chi connectivity index (χ1n) is 4.04. The molecule has 2 rings (SSSR count). The number of ether oxygens (including phenoxy) is 1. The molecule has 1 aromatic heterocycles. The van der Waals surface area contributed by atoms with E-state index < -0.39 is 0 Å². The van der Waals surface area contributed by atoms with Crippen molar-refractivity contribution >= 4 is 27.1 Å². The van der Waals surface area contributed by atoms with Crippen molar-refractivity contribution in [3.8, 4) is 5.75 Å². The molecular formula is C10H11NOS. The van der Waals surface area contributed by atoms with Gasteiger partial charge in [0.1, 0.15) is 5.75 Å². The summed E-state index contributed by atoms with van der Waals surface area (Å²) in [6, 6.07) is 6.08. The molecule has 0 fully saturated rings. The van der Waals surface area contributed by atoms with E-state index in [1.807, 2.05) is 12.1 Å². The molecule has 1 heterocycles. The molecule has 0 atom stereocenters. The summed E-state index contributed by atoms with van der Waals surface area (Å²) in [7, 11) is 1.64. The van der Waals surface area contributed by atoms with Gasteiger partial charge in [-0.15, -0.1) is 11.3 Å². The molecule has 3 heteroatoms. The Bertz CT molecular complexity index is 447. The molecule has 0 amide bonds. The number of anilines is 1. The normalized spacial score (nSPS) is 10.6. The largest absolute Gasteiger partial charge is 0.495 e. The van der Waals surface area contributed by atoms with Crippen molar-refractivity contribution in [2.75, 3.05) is 12.8 Å². The zero-order chi connectivity index (χ0) is 9.42. The van der Waals surface area contributed by atoms with Gasteiger partial charge in [-0.25, -0.2) is 0 Å². The molecule has 0 saturated carbocycles. The van der Waals surface area contributed by atoms with Crippen LogP contribution in [0.3, 0.4) is 0 Å². The highest BCUT2D eigenvalue weighted by Gasteiger charge is 2.04. The van der Waals surface area contributed by atoms with Crippen LogP contribution in [-0.2, 0) is 0 Å². The molecule has 0 spiro atoms. The first-order chi connectivity index (χ1) is 6.20. The maximum absolute atomic E-state index is 5.79. The highest BCUT2D eigenvalue weighted by atomic mass is 32.1. The second-order valence-corrected chi connectivity index (χ2v) is 4.28. The van der Waals surface area contributed by atoms with Crippen LogP contribution < -0.4 is 10.5 Å². The van der Waals surface area contributed by atoms with Crippen molar-refractivity contribution in [1.82, 2.24) is 0 Å². The number of hydrogen-bond donors (Lipinski definition) is 1. The Morgan fingerprint density at radius 1 is 1.31 bits per heavy atom. The Labute approximate surface area is 80.9 Å². The summed E-state index contributed by atoms with van der Waals surface area (Å²) in [5, 5.41) is 1.20. The van der Waals surface area contributed by atoms with Gasteiger partial charge in [0, 0.05) is 15.6 Å². The first-order valence-corrected chi connectivity index (χ1v) is 4.86. The quantitative estimate of drug-likeness (QED) is 0.707. The number of aryl methyl sites for hydroxylation is 1. The summed E-state index contributed by atoms with van der Waals surface area (Å²) >= 11 is 1.75. The Morgan fingerprint density at radius 3 is 2.77 bits per heavy atom. The van der Waals surface area contributed by atoms with Gasteiger partial charge in [0.05, 0.1) is 12.8 Å². The van der Waals surface area contributed by atoms with E-state index in [9.17, 15) is 0 Å². The molecule has 0 radical (unpaired) electrons. The van der Waals surface area contributed by atoms with Crippen LogP contribution in [0.4, 0.5) is 5.69 Å². The SMILES string of the molecule is COc1cc2sc(C)cc2cc1N. The summed E-state index contributed by atoms with van der Waals surface area (Å²) in [6.45, 7) is 2.09. The Hall–Kier alpha value is -1.22. The third kappa shape index (κ3) is 1.35. The third-order valence-electron chi connectivity index (χ3n) is 1.99. The summed E-state index contributed by atoms with van der Waals surface area (Å²) in [4.78, 5) is 1.29. The van der Waals surface area contributed by atoms with Gasteiger partial charge in [-0.3, -0.25) is 0 Å². The fourth-order valence-electron chi connectivity index (χ4n) is 1.40. The van der Waals surface area contributed by atoms with Crippen LogP contribution in [0, 0.1) is 6.92 Å². The Balaban J connectivity index is 2.72. The lowest BCUT2D eigenvalue weighted by Crippen LogP contribution is -1.90. The van der Waals surface area contributed by atoms with Crippen LogP contribution in [0.1, 0.15) is 4.88 Å². The molecule has 13 heavy (non-hydrogen) atoms. The predicted molar refractivity (Wildman–Crippen MR) is 57.5 cm³/mol. The van der Waals surface area contributed by atoms with Crippen LogP contribution in [0.15, 0.2) is 18.2 Å². The molecule has 0 unspecified atom stereocenters. The standard InChI is InChI=1S/C10H11NOS/c1-6-3-7-4-8(11)9(12-2)5-10(7)13-6/h3-5H,11H2,1-2H3. The van der Waals surface area contributed by atoms with E-state index >= 15 is 0 Å². The van der Waals surface area contributed by atoms with Crippen molar-refractivity contribution in [1.29, 1.82) is 0 Å². The average molecular weight is 193 g/mol. The van der Waals surface area contributed by atoms with E-state index in [1.165, 1.54) is 15.0 Å². The van der Waals surface area contributed by atoms with Crippen molar-refractivity contribution < 1.29 is 4.74 Å². The van der Waals surface area contributed by atoms with Gasteiger partial charge in [-0.1, -0.05) is 0 Å². The number of fused-ring (bicyclic) bond motifs is 1. The number of thiophene rings is 1. The smallest absolute Gasteiger partial charge is 0.143 e. The molecule has 0 bridgehead atoms. The minimum Gasteiger partial charge on any atom is -0.495 e. The number of methoxy groups -OCH3 is 1. The highest BCUT2D eigenvalue weighted by Crippen LogP contribution is 2.32. The van der Waals surface area contributed by atoms with Gasteiger partial charge in [-0.05, 0) is 24.4 Å². The van der Waals surface area contributed by atoms with Crippen molar-refractivity contribution in [2.45, 2.75) is 6.92 Å². The Morgan fingerprint density at radius 2 is 2.08 bits per heavy atom. The number of hydrogen-bond acceptors (Lipinski definition) is 3. The summed E-state index contributed by atoms with van der Waals surface area (Å²) in [5.41, 5.74) is 6.49. The minimum atomic E-state index is 0.702. The topological polar surface area (TPSA) is 35.2 Å². The molecule has 0 aliphatic carbocycles. The maximum Gasteiger partial charge on any atom is 0.143 e. The van der Waals surface area contributed by atoms with E-state index in [-0.39, 0.29) is 0 Å². The van der Waals surface area contributed by atoms with E-state index in [0.717, 1.165) is 5.75 Å². The summed E-state index contributed by atoms with van der Waals surface area (Å²) in [5.74, 6) is 0.759. The maximum atomic E-state index is 5.79. The Kier molecular flexibility index (Phi) is 1.88. The van der Waals surface area contributed by atoms with Gasteiger partial charge in [-0.2, -0.15) is 0 Å². The van der Waals surface area contributed by atoms with Crippen LogP contribution in [0.25, 0.3) is 10.1 Å². The lowest BCUT2D eigenvalue weighted by Gasteiger charge is -2.03. The summed E-state index contributed by atoms with van der Waals surface area (Å²) < 4.78 is 6.37. The minimum absolute atomic E-state index is 0.702. The van der Waals surface area contributed by atoms with Gasteiger partial charge in [0.15, 0.2) is 0 Å². The monoisotopic (exact) mass is 193 g/mol. The number of nitrogens with two attached hydrogens (primary N) is 1. The molecule has 2 N–H and O–H groups in total. The zero-order valence-corrected chi connectivity index (χ0v) is 8.44. The van der Waals surface area contributed by atoms with Gasteiger partial charge in [0.25, 0.3) is 0 Å². The zero-order valence-electron chi connectivity index (χ0n) is 7.63. The molecule has 0 aliphatic rings. The molecule has 2 nitrogen and oxygen atoms in total. The number of rotatable bonds is 1. The summed E-state index contributed by atoms with van der Waals surface area (Å²) in [6.07, 6.45) is 0. The van der Waals surface area contributed by atoms with Crippen molar-refractivity contribution in [2.24, 2.45) is 0 Å². The van der Waals surface area contributed by atoms with Crippen LogP contribution in [0.5, 0.6) is 5.75 Å². The molecular weight excluding hydrogens is 182 g/mol. The predicted octanol–water partition coefficient (Wildman–Crippen LogP) is 2.80. The fourth-order valence-corrected chi connectivity index (χ4v) is 2.33. The fraction of sp³-hybridized carbons (Fsp3) is 0.200. The van der Waals surface area contributed by atoms with Crippen molar-refractivity contribution in [3.05, 3.63) is 23.1 Å². The lowest BCUT2D eigenvalue weighted by atomic mass is 10.2. The second kappa shape index (κ2) is 2.92. The van der Waals surface area contributed by atoms with Gasteiger partial charge >= 0.3 is 0 Å². The van der Waals surface area contributed by atoms with Gasteiger partial charge in [0.2, 0.25) is 0 Å². The third-order valence-corrected chi connectivity index (χ3v) is 3.01. The lowest BCUT2D eigenvalue weighted by molar-refractivity contribution is 0.417. The second-order valence-electron chi connectivity index (χ2n) is 2.99. The molecule has 1 aromatic carbocycles. The molecule has 2 aromatic rings. The van der Waals surface area contributed by atoms with E-state index in [4.69, 9.17) is 10.5 Å². The number of nitrogen functional groups attached to an aromatic ring is 1. The van der Waals surface area contributed by atoms with Crippen LogP contribution in [-0.4, -0.2) is 7.11 Å². The number of benzene rings is 1. The highest BCUT2D eigenvalue weighted by molar-refractivity contribution is 7.19. The van der Waals surface area contributed by atoms with E-state index in [2.05, 4.69) is 13.0 Å². The molecule has 0 aliphatic heterocycles. The van der Waals surface area contributed by atoms with Gasteiger partial charge < -0.3 is 10.5 Å². The first kappa shape index (κ1) is 8.38. The van der Waals surface area contributed by atoms with E-state index in [1.54, 1.807) is 18.4 Å². The van der Waals surface area contributed by atoms with E-state index in [0.29, 0.717) is 5.69 Å². The average Bonchev–Trinajstić information content (AvgIpc) is 2.42. The van der Waals surface area contributed by atoms with Crippen LogP contribution in [0.2, 0.25) is 0 Å². The molecule has 0 saturated heterocycles. The van der Waals surface area contributed by atoms with Crippen LogP contribution >= 0.6 is 11.3 Å². The molecule has 68 valence electrons.